The first kappa shape index (κ1) is 28.1. The fourth-order valence-electron chi connectivity index (χ4n) is 3.50. The number of benzene rings is 1. The van der Waals surface area contributed by atoms with Crippen LogP contribution in [0.5, 0.6) is 0 Å². The molecule has 1 saturated heterocycles. The molecule has 5 rings (SSSR count). The van der Waals surface area contributed by atoms with Crippen LogP contribution in [-0.2, 0) is 34.0 Å². The first-order valence-corrected chi connectivity index (χ1v) is 11.0. The number of fused-ring (bicyclic) bond motifs is 1. The average Bonchev–Trinajstić information content (AvgIpc) is 3.49. The number of phosphoric acid groups is 1. The Hall–Kier alpha value is -1.46. The SMILES string of the molecule is Cn1nnc(N2Cc3nn(-c4ccc(N5C[C@H](COP(=O)([O-])[O-])OC5=O)cc4F)nc3C2)n1.[Na+].[Na+]. The molecule has 15 nitrogen and oxygen atoms in total. The standard InChI is InChI=1S/C16H17FN9O6P.2Na/c1-23-21-15(18-22-23)24-6-12-13(7-24)20-26(19-12)14-3-2-9(4-11(14)17)25-5-10(32-16(25)27)8-31-33(28,29)30;;/h2-4,10H,5-8H2,1H3,(H2,28,29,30);;/q;2*+1/p-2/t10-;;/m1../s1. The number of cyclic esters (lactones) is 1. The quantitative estimate of drug-likeness (QED) is 0.220. The molecule has 0 saturated carbocycles. The second-order valence-corrected chi connectivity index (χ2v) is 8.47. The van der Waals surface area contributed by atoms with Gasteiger partial charge in [-0.3, -0.25) is 4.90 Å². The predicted octanol–water partition coefficient (Wildman–Crippen LogP) is -7.37. The molecule has 3 aromatic rings. The van der Waals surface area contributed by atoms with Gasteiger partial charge in [0.15, 0.2) is 5.82 Å². The minimum absolute atomic E-state index is 0. The van der Waals surface area contributed by atoms with E-state index in [1.807, 2.05) is 4.90 Å². The molecule has 19 heteroatoms. The third-order valence-corrected chi connectivity index (χ3v) is 5.44. The zero-order valence-electron chi connectivity index (χ0n) is 18.9. The van der Waals surface area contributed by atoms with Crippen LogP contribution in [0.25, 0.3) is 5.69 Å². The Morgan fingerprint density at radius 1 is 1.20 bits per heavy atom. The Kier molecular flexibility index (Phi) is 8.74. The molecule has 2 aromatic heterocycles. The van der Waals surface area contributed by atoms with Crippen molar-refractivity contribution in [3.63, 3.8) is 0 Å². The molecule has 0 N–H and O–H groups in total. The molecule has 174 valence electrons. The first-order chi connectivity index (χ1) is 15.7. The van der Waals surface area contributed by atoms with E-state index >= 15 is 0 Å². The average molecular weight is 525 g/mol. The maximum absolute atomic E-state index is 14.9. The van der Waals surface area contributed by atoms with E-state index in [1.165, 1.54) is 21.7 Å². The monoisotopic (exact) mass is 525 g/mol. The van der Waals surface area contributed by atoms with Crippen LogP contribution in [0, 0.1) is 5.82 Å². The molecule has 4 heterocycles. The van der Waals surface area contributed by atoms with Gasteiger partial charge in [0.2, 0.25) is 0 Å². The molecule has 35 heavy (non-hydrogen) atoms. The number of aryl methyl sites for hydroxylation is 1. The largest absolute Gasteiger partial charge is 1.00 e. The molecule has 1 amide bonds. The summed E-state index contributed by atoms with van der Waals surface area (Å²) in [4.78, 5) is 38.7. The van der Waals surface area contributed by atoms with Crippen molar-refractivity contribution < 1.29 is 91.9 Å². The summed E-state index contributed by atoms with van der Waals surface area (Å²) in [6, 6.07) is 3.98. The maximum atomic E-state index is 14.9. The number of phosphoric ester groups is 1. The van der Waals surface area contributed by atoms with E-state index in [0.29, 0.717) is 30.4 Å². The van der Waals surface area contributed by atoms with Crippen molar-refractivity contribution in [1.82, 2.24) is 35.2 Å². The Bertz CT molecular complexity index is 1260. The number of rotatable bonds is 6. The number of tetrazole rings is 1. The maximum Gasteiger partial charge on any atom is 1.00 e. The summed E-state index contributed by atoms with van der Waals surface area (Å²) in [7, 11) is -3.54. The van der Waals surface area contributed by atoms with Gasteiger partial charge in [-0.15, -0.1) is 9.90 Å². The number of carbonyl (C=O) groups excluding carboxylic acids is 1. The normalized spacial score (nSPS) is 17.1. The summed E-state index contributed by atoms with van der Waals surface area (Å²) in [6.07, 6.45) is -1.81. The third-order valence-electron chi connectivity index (χ3n) is 4.98. The smallest absolute Gasteiger partial charge is 0.790 e. The Balaban J connectivity index is 0.00000171. The van der Waals surface area contributed by atoms with Crippen molar-refractivity contribution in [2.24, 2.45) is 7.05 Å². The number of aromatic nitrogens is 7. The zero-order valence-corrected chi connectivity index (χ0v) is 23.8. The topological polar surface area (TPSA) is 180 Å². The summed E-state index contributed by atoms with van der Waals surface area (Å²) in [5.74, 6) is -0.251. The molecule has 0 bridgehead atoms. The molecule has 2 aliphatic heterocycles. The molecule has 1 aromatic carbocycles. The molecule has 1 atom stereocenters. The van der Waals surface area contributed by atoms with E-state index < -0.39 is 32.4 Å². The molecule has 0 aliphatic carbocycles. The van der Waals surface area contributed by atoms with Gasteiger partial charge in [0.05, 0.1) is 46.8 Å². The van der Waals surface area contributed by atoms with Crippen LogP contribution in [0.15, 0.2) is 18.2 Å². The van der Waals surface area contributed by atoms with Crippen molar-refractivity contribution in [2.75, 3.05) is 23.0 Å². The van der Waals surface area contributed by atoms with Gasteiger partial charge < -0.3 is 28.5 Å². The number of carbonyl (C=O) groups is 1. The fraction of sp³-hybridized carbons (Fsp3) is 0.375. The Morgan fingerprint density at radius 2 is 1.89 bits per heavy atom. The van der Waals surface area contributed by atoms with Gasteiger partial charge in [-0.05, 0) is 17.3 Å². The number of halogens is 1. The van der Waals surface area contributed by atoms with Crippen LogP contribution in [0.4, 0.5) is 20.8 Å². The number of hydrogen-bond donors (Lipinski definition) is 0. The van der Waals surface area contributed by atoms with Crippen molar-refractivity contribution >= 4 is 25.6 Å². The number of amides is 1. The molecule has 0 spiro atoms. The van der Waals surface area contributed by atoms with Crippen molar-refractivity contribution in [3.05, 3.63) is 35.4 Å². The van der Waals surface area contributed by atoms with Crippen LogP contribution >= 0.6 is 7.82 Å². The van der Waals surface area contributed by atoms with Gasteiger partial charge in [-0.1, -0.05) is 5.10 Å². The van der Waals surface area contributed by atoms with Crippen LogP contribution in [0.2, 0.25) is 0 Å². The van der Waals surface area contributed by atoms with E-state index in [4.69, 9.17) is 4.74 Å². The molecule has 0 unspecified atom stereocenters. The minimum Gasteiger partial charge on any atom is -0.790 e. The van der Waals surface area contributed by atoms with E-state index in [1.54, 1.807) is 7.05 Å². The van der Waals surface area contributed by atoms with Crippen molar-refractivity contribution in [3.8, 4) is 5.69 Å². The van der Waals surface area contributed by atoms with E-state index in [9.17, 15) is 23.5 Å². The summed E-state index contributed by atoms with van der Waals surface area (Å²) < 4.78 is 34.6. The van der Waals surface area contributed by atoms with Gasteiger partial charge >= 0.3 is 65.2 Å². The van der Waals surface area contributed by atoms with Crippen LogP contribution < -0.4 is 78.7 Å². The van der Waals surface area contributed by atoms with Gasteiger partial charge in [0, 0.05) is 6.07 Å². The van der Waals surface area contributed by atoms with Crippen molar-refractivity contribution in [2.45, 2.75) is 19.2 Å². The summed E-state index contributed by atoms with van der Waals surface area (Å²) >= 11 is 0. The van der Waals surface area contributed by atoms with Crippen molar-refractivity contribution in [1.29, 1.82) is 0 Å². The second-order valence-electron chi connectivity index (χ2n) is 7.31. The Labute approximate surface area is 241 Å². The predicted molar refractivity (Wildman–Crippen MR) is 101 cm³/mol. The first-order valence-electron chi connectivity index (χ1n) is 9.55. The fourth-order valence-corrected chi connectivity index (χ4v) is 3.85. The molecule has 2 aliphatic rings. The number of nitrogens with zero attached hydrogens (tertiary/aromatic N) is 9. The minimum atomic E-state index is -5.20. The summed E-state index contributed by atoms with van der Waals surface area (Å²) in [5.41, 5.74) is 1.54. The third kappa shape index (κ3) is 6.10. The van der Waals surface area contributed by atoms with Crippen LogP contribution in [0.1, 0.15) is 11.4 Å². The van der Waals surface area contributed by atoms with Gasteiger partial charge in [0.1, 0.15) is 23.2 Å². The van der Waals surface area contributed by atoms with Gasteiger partial charge in [-0.2, -0.15) is 15.0 Å². The second kappa shape index (κ2) is 10.9. The van der Waals surface area contributed by atoms with E-state index in [-0.39, 0.29) is 77.0 Å². The van der Waals surface area contributed by atoms with E-state index in [0.717, 1.165) is 11.0 Å². The van der Waals surface area contributed by atoms with E-state index in [2.05, 4.69) is 30.1 Å². The molecule has 0 radical (unpaired) electrons. The Morgan fingerprint density at radius 3 is 2.46 bits per heavy atom. The van der Waals surface area contributed by atoms with Gasteiger partial charge in [0.25, 0.3) is 5.95 Å². The number of anilines is 2. The number of hydrogen-bond acceptors (Lipinski definition) is 12. The number of ether oxygens (including phenoxy) is 1. The summed E-state index contributed by atoms with van der Waals surface area (Å²) in [5, 5.41) is 20.6. The van der Waals surface area contributed by atoms with Gasteiger partial charge in [-0.25, -0.2) is 9.18 Å². The zero-order chi connectivity index (χ0) is 23.3. The van der Waals surface area contributed by atoms with Crippen LogP contribution in [-0.4, -0.2) is 60.5 Å². The molecule has 1 fully saturated rings. The molecular weight excluding hydrogens is 510 g/mol. The van der Waals surface area contributed by atoms with Crippen LogP contribution in [0.3, 0.4) is 0 Å². The molecular formula is C16H15FN9Na2O6P. The summed E-state index contributed by atoms with van der Waals surface area (Å²) in [6.45, 7) is 0.0576.